The van der Waals surface area contributed by atoms with E-state index in [1.165, 1.54) is 36.9 Å². The Hall–Kier alpha value is -9.82. The van der Waals surface area contributed by atoms with Gasteiger partial charge in [0.1, 0.15) is 34.2 Å². The number of aromatic nitrogens is 16. The molecule has 0 aliphatic rings. The van der Waals surface area contributed by atoms with Gasteiger partial charge in [-0.2, -0.15) is 0 Å². The number of H-pyrrole nitrogens is 2. The standard InChI is InChI=1S/C16H10FIN4.C16H11FN4.C15H8FIN4.C15H9FN4/c1-22-13-8-20-12(9-3-2-4-19-6-9)5-10(13)14-15(18)11(17)7-21-16(14)22;1-21-15-9-19-14(10-3-2-4-18-7-10)6-12(15)13-5-11(17)8-20-16(13)21;16-10-6-20-15-13(14(10)17)9-4-11(19-7-12(9)21-15)8-2-1-3-18-5-8;16-10-4-12-11-5-13(9-2-1-3-17-6-9)18-8-14(11)20-15(12)19-7-10/h2-8H,1H3;2-9H,1H3;1-7H,(H,20,21);1-8H,(H,19,20). The summed E-state index contributed by atoms with van der Waals surface area (Å²) >= 11 is 4.04. The molecule has 0 aromatic carbocycles. The number of nitrogens with zero attached hydrogens (tertiary/aromatic N) is 14. The molecule has 16 aromatic rings. The van der Waals surface area contributed by atoms with E-state index < -0.39 is 0 Å². The summed E-state index contributed by atoms with van der Waals surface area (Å²) in [4.78, 5) is 57.1. The maximum absolute atomic E-state index is 13.9. The number of aromatic amines is 2. The number of hydrogen-bond donors (Lipinski definition) is 2. The number of aryl methyl sites for hydroxylation is 2. The third-order valence-corrected chi connectivity index (χ3v) is 16.1. The molecule has 0 aliphatic carbocycles. The molecule has 16 rings (SSSR count). The Morgan fingerprint density at radius 1 is 0.369 bits per heavy atom. The Labute approximate surface area is 499 Å². The van der Waals surface area contributed by atoms with Crippen LogP contribution in [-0.2, 0) is 14.1 Å². The van der Waals surface area contributed by atoms with Crippen LogP contribution in [0.25, 0.3) is 133 Å². The second-order valence-corrected chi connectivity index (χ2v) is 21.2. The third kappa shape index (κ3) is 10.1. The Morgan fingerprint density at radius 3 is 1.35 bits per heavy atom. The molecular formula is C62H38F4I2N16. The second-order valence-electron chi connectivity index (χ2n) is 19.1. The van der Waals surface area contributed by atoms with Crippen molar-refractivity contribution in [2.45, 2.75) is 0 Å². The van der Waals surface area contributed by atoms with Crippen molar-refractivity contribution < 1.29 is 17.6 Å². The lowest BCUT2D eigenvalue weighted by Crippen LogP contribution is -1.92. The van der Waals surface area contributed by atoms with Crippen LogP contribution in [0.1, 0.15) is 0 Å². The average molecular weight is 1340 g/mol. The smallest absolute Gasteiger partial charge is 0.155 e. The lowest BCUT2D eigenvalue weighted by Gasteiger charge is -2.01. The first-order chi connectivity index (χ1) is 40.9. The van der Waals surface area contributed by atoms with E-state index in [0.29, 0.717) is 18.4 Å². The Kier molecular flexibility index (Phi) is 14.3. The summed E-state index contributed by atoms with van der Waals surface area (Å²) in [6.45, 7) is 0. The molecule has 408 valence electrons. The first-order valence-corrected chi connectivity index (χ1v) is 27.7. The van der Waals surface area contributed by atoms with Crippen LogP contribution in [0.5, 0.6) is 0 Å². The first-order valence-electron chi connectivity index (χ1n) is 25.6. The van der Waals surface area contributed by atoms with Crippen LogP contribution >= 0.6 is 45.2 Å². The van der Waals surface area contributed by atoms with Crippen LogP contribution in [0.15, 0.2) is 184 Å². The molecule has 0 aliphatic heterocycles. The minimum absolute atomic E-state index is 0.305. The Balaban J connectivity index is 0.000000105. The highest BCUT2D eigenvalue weighted by Crippen LogP contribution is 2.36. The van der Waals surface area contributed by atoms with Crippen molar-refractivity contribution in [3.8, 4) is 45.0 Å². The van der Waals surface area contributed by atoms with Gasteiger partial charge in [-0.05, 0) is 130 Å². The predicted molar refractivity (Wildman–Crippen MR) is 333 cm³/mol. The molecule has 16 heterocycles. The summed E-state index contributed by atoms with van der Waals surface area (Å²) in [6, 6.07) is 26.0. The zero-order valence-corrected chi connectivity index (χ0v) is 48.2. The van der Waals surface area contributed by atoms with Gasteiger partial charge in [-0.1, -0.05) is 0 Å². The molecule has 84 heavy (non-hydrogen) atoms. The van der Waals surface area contributed by atoms with Crippen LogP contribution in [0.2, 0.25) is 0 Å². The Bertz CT molecular complexity index is 5100. The van der Waals surface area contributed by atoms with E-state index in [1.807, 2.05) is 141 Å². The van der Waals surface area contributed by atoms with Crippen molar-refractivity contribution in [3.63, 3.8) is 0 Å². The molecule has 16 nitrogen and oxygen atoms in total. The van der Waals surface area contributed by atoms with Crippen molar-refractivity contribution in [1.29, 1.82) is 0 Å². The topological polar surface area (TPSA) is 196 Å². The molecule has 0 atom stereocenters. The van der Waals surface area contributed by atoms with Crippen molar-refractivity contribution in [3.05, 3.63) is 214 Å². The molecule has 0 saturated heterocycles. The molecule has 0 fully saturated rings. The van der Waals surface area contributed by atoms with Crippen molar-refractivity contribution in [1.82, 2.24) is 78.9 Å². The van der Waals surface area contributed by atoms with Crippen LogP contribution in [0.4, 0.5) is 17.6 Å². The van der Waals surface area contributed by atoms with Crippen molar-refractivity contribution in [2.75, 3.05) is 0 Å². The SMILES string of the molecule is Cn1c2cnc(-c3cccnc3)cc2c2c(I)c(F)cnc21.Cn1c2cnc(-c3cccnc3)cc2c2cc(F)cnc21.Fc1cnc2[nH]c3cnc(-c4cccnc4)cc3c2c1.Fc1cnc2[nH]c3cnc(-c4cccnc4)cc3c2c1I. The molecular weight excluding hydrogens is 1300 g/mol. The summed E-state index contributed by atoms with van der Waals surface area (Å²) < 4.78 is 59.5. The van der Waals surface area contributed by atoms with Crippen LogP contribution in [-0.4, -0.2) is 78.9 Å². The van der Waals surface area contributed by atoms with Crippen LogP contribution in [0, 0.1) is 30.4 Å². The quantitative estimate of drug-likeness (QED) is 0.125. The maximum atomic E-state index is 13.9. The normalized spacial score (nSPS) is 11.3. The largest absolute Gasteiger partial charge is 0.338 e. The lowest BCUT2D eigenvalue weighted by molar-refractivity contribution is 0.616. The van der Waals surface area contributed by atoms with Crippen LogP contribution in [0.3, 0.4) is 0 Å². The van der Waals surface area contributed by atoms with E-state index in [-0.39, 0.29) is 23.3 Å². The maximum Gasteiger partial charge on any atom is 0.155 e. The molecule has 0 spiro atoms. The fourth-order valence-corrected chi connectivity index (χ4v) is 11.3. The molecule has 0 radical (unpaired) electrons. The molecule has 0 bridgehead atoms. The Morgan fingerprint density at radius 2 is 0.786 bits per heavy atom. The first kappa shape index (κ1) is 53.5. The number of fused-ring (bicyclic) bond motifs is 12. The molecule has 0 saturated carbocycles. The highest BCUT2D eigenvalue weighted by molar-refractivity contribution is 14.1. The molecule has 22 heteroatoms. The summed E-state index contributed by atoms with van der Waals surface area (Å²) in [5, 5.41) is 6.86. The van der Waals surface area contributed by atoms with E-state index in [0.717, 1.165) is 121 Å². The highest BCUT2D eigenvalue weighted by Gasteiger charge is 2.18. The molecule has 0 unspecified atom stereocenters. The summed E-state index contributed by atoms with van der Waals surface area (Å²) in [5.41, 5.74) is 13.3. The summed E-state index contributed by atoms with van der Waals surface area (Å²) in [7, 11) is 3.82. The number of rotatable bonds is 4. The van der Waals surface area contributed by atoms with Gasteiger partial charge in [0.05, 0.1) is 102 Å². The molecule has 2 N–H and O–H groups in total. The minimum Gasteiger partial charge on any atom is -0.338 e. The lowest BCUT2D eigenvalue weighted by atomic mass is 10.1. The minimum atomic E-state index is -0.349. The zero-order chi connectivity index (χ0) is 57.6. The zero-order valence-electron chi connectivity index (χ0n) is 43.8. The van der Waals surface area contributed by atoms with E-state index in [2.05, 4.69) is 69.8 Å². The summed E-state index contributed by atoms with van der Waals surface area (Å²) in [5.74, 6) is -1.31. The highest BCUT2D eigenvalue weighted by atomic mass is 127. The number of pyridine rings is 12. The number of nitrogens with one attached hydrogen (secondary N) is 2. The fourth-order valence-electron chi connectivity index (χ4n) is 9.96. The van der Waals surface area contributed by atoms with Gasteiger partial charge in [0.25, 0.3) is 0 Å². The van der Waals surface area contributed by atoms with Crippen LogP contribution < -0.4 is 0 Å². The van der Waals surface area contributed by atoms with Gasteiger partial charge in [-0.15, -0.1) is 0 Å². The monoisotopic (exact) mass is 1340 g/mol. The predicted octanol–water partition coefficient (Wildman–Crippen LogP) is 14.5. The molecule has 0 amide bonds. The van der Waals surface area contributed by atoms with Crippen molar-refractivity contribution in [2.24, 2.45) is 14.1 Å². The van der Waals surface area contributed by atoms with E-state index in [4.69, 9.17) is 0 Å². The van der Waals surface area contributed by atoms with E-state index >= 15 is 0 Å². The van der Waals surface area contributed by atoms with Gasteiger partial charge in [0.2, 0.25) is 0 Å². The van der Waals surface area contributed by atoms with Gasteiger partial charge < -0.3 is 19.1 Å². The fraction of sp³-hybridized carbons (Fsp3) is 0.0323. The van der Waals surface area contributed by atoms with Gasteiger partial charge in [-0.3, -0.25) is 39.9 Å². The average Bonchev–Trinajstić information content (AvgIpc) is 3.99. The molecule has 16 aromatic heterocycles. The third-order valence-electron chi connectivity index (χ3n) is 14.0. The van der Waals surface area contributed by atoms with Gasteiger partial charge in [0, 0.05) is 129 Å². The van der Waals surface area contributed by atoms with Gasteiger partial charge in [0.15, 0.2) is 11.6 Å². The summed E-state index contributed by atoms with van der Waals surface area (Å²) in [6.07, 6.45) is 25.9. The van der Waals surface area contributed by atoms with E-state index in [1.54, 1.807) is 74.4 Å². The van der Waals surface area contributed by atoms with Gasteiger partial charge >= 0.3 is 0 Å². The van der Waals surface area contributed by atoms with Gasteiger partial charge in [-0.25, -0.2) is 37.5 Å². The van der Waals surface area contributed by atoms with Crippen molar-refractivity contribution >= 4 is 133 Å². The van der Waals surface area contributed by atoms with E-state index in [9.17, 15) is 17.6 Å². The number of halogens is 6. The second kappa shape index (κ2) is 22.5. The number of hydrogen-bond acceptors (Lipinski definition) is 12.